The number of hydrogen-bond donors (Lipinski definition) is 1. The number of pyridine rings is 1. The minimum Gasteiger partial charge on any atom is -0.493 e. The number of halogens is 3. The zero-order valence-corrected chi connectivity index (χ0v) is 23.6. The van der Waals surface area contributed by atoms with Crippen LogP contribution in [0.5, 0.6) is 11.5 Å². The second kappa shape index (κ2) is 12.0. The largest absolute Gasteiger partial charge is 0.493 e. The molecule has 0 fully saturated rings. The summed E-state index contributed by atoms with van der Waals surface area (Å²) in [6.45, 7) is 6.09. The van der Waals surface area contributed by atoms with E-state index in [0.29, 0.717) is 42.3 Å². The number of ether oxygens (including phenoxy) is 3. The number of carbonyl (C=O) groups is 1. The number of benzene rings is 1. The summed E-state index contributed by atoms with van der Waals surface area (Å²) in [7, 11) is 0. The summed E-state index contributed by atoms with van der Waals surface area (Å²) in [6, 6.07) is 7.99. The van der Waals surface area contributed by atoms with E-state index < -0.39 is 17.5 Å². The number of anilines is 1. The Hall–Kier alpha value is -2.47. The number of aromatic nitrogens is 1. The zero-order valence-electron chi connectivity index (χ0n) is 19.3. The van der Waals surface area contributed by atoms with Crippen LogP contribution in [0.1, 0.15) is 32.8 Å². The van der Waals surface area contributed by atoms with Gasteiger partial charge in [0, 0.05) is 21.8 Å². The molecule has 1 aromatic carbocycles. The maximum atomic E-state index is 14.0. The van der Waals surface area contributed by atoms with E-state index in [-0.39, 0.29) is 12.4 Å². The SMILES string of the molecule is CC(C)(C)OC(=O)Nc1ncc(I)cc1OCc1cc(F)ccc1OCCC1=C(I)C(C#N)=NC1. The lowest BCUT2D eigenvalue weighted by Gasteiger charge is -2.20. The summed E-state index contributed by atoms with van der Waals surface area (Å²) < 4.78 is 32.7. The predicted octanol–water partition coefficient (Wildman–Crippen LogP) is 6.19. The number of allylic oxidation sites excluding steroid dienone is 1. The molecule has 0 unspecified atom stereocenters. The Labute approximate surface area is 230 Å². The van der Waals surface area contributed by atoms with Crippen molar-refractivity contribution in [1.29, 1.82) is 5.26 Å². The van der Waals surface area contributed by atoms with Gasteiger partial charge in [-0.15, -0.1) is 0 Å². The molecule has 0 saturated carbocycles. The molecule has 2 heterocycles. The minimum atomic E-state index is -0.670. The van der Waals surface area contributed by atoms with E-state index in [2.05, 4.69) is 66.5 Å². The number of nitrogens with one attached hydrogen (secondary N) is 1. The molecule has 1 N–H and O–H groups in total. The number of nitriles is 1. The van der Waals surface area contributed by atoms with E-state index >= 15 is 0 Å². The van der Waals surface area contributed by atoms with Crippen LogP contribution < -0.4 is 14.8 Å². The lowest BCUT2D eigenvalue weighted by Crippen LogP contribution is -2.27. The van der Waals surface area contributed by atoms with Crippen LogP contribution in [0.2, 0.25) is 0 Å². The quantitative estimate of drug-likeness (QED) is 0.329. The monoisotopic (exact) mass is 704 g/mol. The number of rotatable bonds is 8. The number of nitrogens with zero attached hydrogens (tertiary/aromatic N) is 3. The molecule has 0 bridgehead atoms. The van der Waals surface area contributed by atoms with Crippen molar-refractivity contribution in [3.05, 3.63) is 54.6 Å². The van der Waals surface area contributed by atoms with Gasteiger partial charge < -0.3 is 14.2 Å². The third kappa shape index (κ3) is 8.03. The summed E-state index contributed by atoms with van der Waals surface area (Å²) in [5.41, 5.74) is 1.30. The van der Waals surface area contributed by atoms with Gasteiger partial charge in [0.25, 0.3) is 0 Å². The van der Waals surface area contributed by atoms with Gasteiger partial charge in [-0.05, 0) is 95.8 Å². The number of carbonyl (C=O) groups excluding carboxylic acids is 1. The Morgan fingerprint density at radius 2 is 2.00 bits per heavy atom. The molecule has 3 rings (SSSR count). The Bertz CT molecular complexity index is 1220. The maximum Gasteiger partial charge on any atom is 0.413 e. The van der Waals surface area contributed by atoms with Gasteiger partial charge in [-0.25, -0.2) is 14.2 Å². The molecular weight excluding hydrogens is 681 g/mol. The van der Waals surface area contributed by atoms with Crippen LogP contribution in [0.25, 0.3) is 0 Å². The first-order valence-corrected chi connectivity index (χ1v) is 12.7. The number of hydrogen-bond acceptors (Lipinski definition) is 7. The molecule has 11 heteroatoms. The Balaban J connectivity index is 1.68. The van der Waals surface area contributed by atoms with Crippen molar-refractivity contribution < 1.29 is 23.4 Å². The highest BCUT2D eigenvalue weighted by Gasteiger charge is 2.19. The second-order valence-electron chi connectivity index (χ2n) is 8.46. The molecular formula is C24H23FI2N4O4. The van der Waals surface area contributed by atoms with Crippen LogP contribution in [0, 0.1) is 20.7 Å². The topological polar surface area (TPSA) is 106 Å². The first-order valence-electron chi connectivity index (χ1n) is 10.6. The van der Waals surface area contributed by atoms with Gasteiger partial charge in [-0.3, -0.25) is 10.3 Å². The smallest absolute Gasteiger partial charge is 0.413 e. The molecule has 0 saturated heterocycles. The summed E-state index contributed by atoms with van der Waals surface area (Å²) in [6.07, 6.45) is 1.51. The van der Waals surface area contributed by atoms with Gasteiger partial charge in [0.1, 0.15) is 35.6 Å². The van der Waals surface area contributed by atoms with Gasteiger partial charge in [-0.2, -0.15) is 5.26 Å². The van der Waals surface area contributed by atoms with E-state index in [1.165, 1.54) is 12.1 Å². The maximum absolute atomic E-state index is 14.0. The summed E-state index contributed by atoms with van der Waals surface area (Å²) in [4.78, 5) is 20.6. The zero-order chi connectivity index (χ0) is 25.6. The number of amides is 1. The number of aliphatic imine (C=N–C) groups is 1. The first-order chi connectivity index (χ1) is 16.6. The molecule has 0 spiro atoms. The molecule has 0 aliphatic carbocycles. The van der Waals surface area contributed by atoms with Crippen molar-refractivity contribution >= 4 is 62.8 Å². The van der Waals surface area contributed by atoms with Crippen molar-refractivity contribution in [1.82, 2.24) is 4.98 Å². The molecule has 2 aromatic rings. The fraction of sp³-hybridized carbons (Fsp3) is 0.333. The van der Waals surface area contributed by atoms with E-state index in [9.17, 15) is 9.18 Å². The third-order valence-corrected chi connectivity index (χ3v) is 6.42. The highest BCUT2D eigenvalue weighted by Crippen LogP contribution is 2.29. The lowest BCUT2D eigenvalue weighted by atomic mass is 10.2. The Morgan fingerprint density at radius 1 is 1.23 bits per heavy atom. The predicted molar refractivity (Wildman–Crippen MR) is 147 cm³/mol. The van der Waals surface area contributed by atoms with Gasteiger partial charge in [0.2, 0.25) is 0 Å². The fourth-order valence-electron chi connectivity index (χ4n) is 3.02. The van der Waals surface area contributed by atoms with Gasteiger partial charge in [0.15, 0.2) is 11.6 Å². The summed E-state index contributed by atoms with van der Waals surface area (Å²) in [5.74, 6) is 0.546. The molecule has 184 valence electrons. The molecule has 0 atom stereocenters. The van der Waals surface area contributed by atoms with E-state index in [0.717, 1.165) is 12.7 Å². The molecule has 1 amide bonds. The Kier molecular flexibility index (Phi) is 9.28. The molecule has 35 heavy (non-hydrogen) atoms. The normalized spacial score (nSPS) is 13.2. The van der Waals surface area contributed by atoms with Gasteiger partial charge in [-0.1, -0.05) is 0 Å². The highest BCUT2D eigenvalue weighted by molar-refractivity contribution is 14.1. The van der Waals surface area contributed by atoms with Crippen LogP contribution in [0.3, 0.4) is 0 Å². The van der Waals surface area contributed by atoms with Crippen molar-refractivity contribution in [3.63, 3.8) is 0 Å². The van der Waals surface area contributed by atoms with Crippen LogP contribution in [0.15, 0.2) is 44.6 Å². The van der Waals surface area contributed by atoms with Crippen molar-refractivity contribution in [3.8, 4) is 17.6 Å². The average molecular weight is 704 g/mol. The first kappa shape index (κ1) is 27.1. The molecule has 0 radical (unpaired) electrons. The lowest BCUT2D eigenvalue weighted by molar-refractivity contribution is 0.0634. The van der Waals surface area contributed by atoms with E-state index in [1.807, 2.05) is 0 Å². The molecule has 1 aliphatic heterocycles. The fourth-order valence-corrected chi connectivity index (χ4v) is 4.17. The highest BCUT2D eigenvalue weighted by atomic mass is 127. The average Bonchev–Trinajstić information content (AvgIpc) is 3.13. The molecule has 1 aliphatic rings. The second-order valence-corrected chi connectivity index (χ2v) is 10.8. The third-order valence-electron chi connectivity index (χ3n) is 4.56. The summed E-state index contributed by atoms with van der Waals surface area (Å²) >= 11 is 4.20. The van der Waals surface area contributed by atoms with Crippen molar-refractivity contribution in [2.45, 2.75) is 39.4 Å². The van der Waals surface area contributed by atoms with Gasteiger partial charge in [0.05, 0.1) is 16.7 Å². The summed E-state index contributed by atoms with van der Waals surface area (Å²) in [5, 5.41) is 11.7. The standard InChI is InChI=1S/C24H23FI2N4O4/c1-24(2,3)35-23(32)31-22-20(9-17(26)12-30-22)34-13-15-8-16(25)4-5-19(15)33-7-6-14-11-29-18(10-28)21(14)27/h4-5,8-9,12H,6-7,11,13H2,1-3H3,(H,30,31,32). The molecule has 1 aromatic heterocycles. The Morgan fingerprint density at radius 3 is 2.69 bits per heavy atom. The van der Waals surface area contributed by atoms with Crippen molar-refractivity contribution in [2.24, 2.45) is 4.99 Å². The molecule has 8 nitrogen and oxygen atoms in total. The van der Waals surface area contributed by atoms with Crippen LogP contribution >= 0.6 is 45.2 Å². The van der Waals surface area contributed by atoms with Gasteiger partial charge >= 0.3 is 6.09 Å². The van der Waals surface area contributed by atoms with Crippen molar-refractivity contribution in [2.75, 3.05) is 18.5 Å². The van der Waals surface area contributed by atoms with E-state index in [1.54, 1.807) is 39.1 Å². The van der Waals surface area contributed by atoms with Crippen LogP contribution in [-0.2, 0) is 11.3 Å². The van der Waals surface area contributed by atoms with Crippen LogP contribution in [0.4, 0.5) is 15.0 Å². The minimum absolute atomic E-state index is 0.0141. The van der Waals surface area contributed by atoms with Crippen LogP contribution in [-0.4, -0.2) is 35.5 Å². The van der Waals surface area contributed by atoms with E-state index in [4.69, 9.17) is 19.5 Å².